The van der Waals surface area contributed by atoms with Crippen molar-refractivity contribution in [2.75, 3.05) is 0 Å². The average Bonchev–Trinajstić information content (AvgIpc) is 2.88. The Morgan fingerprint density at radius 3 is 3.00 bits per heavy atom. The molecule has 0 bridgehead atoms. The van der Waals surface area contributed by atoms with Crippen molar-refractivity contribution in [2.45, 2.75) is 0 Å². The Kier molecular flexibility index (Phi) is 1.98. The highest BCUT2D eigenvalue weighted by molar-refractivity contribution is 5.61. The molecule has 1 aromatic rings. The predicted octanol–water partition coefficient (Wildman–Crippen LogP) is -0.230. The lowest BCUT2D eigenvalue weighted by atomic mass is 10.2. The highest BCUT2D eigenvalue weighted by Gasteiger charge is 2.10. The molecule has 0 radical (unpaired) electrons. The zero-order valence-corrected chi connectivity index (χ0v) is 8.95. The summed E-state index contributed by atoms with van der Waals surface area (Å²) in [6, 6.07) is 3.77. The molecule has 0 unspecified atom stereocenters. The monoisotopic (exact) mass is 226 g/mol. The maximum atomic E-state index is 11.8. The molecule has 0 spiro atoms. The molecule has 3 rings (SSSR count). The van der Waals surface area contributed by atoms with Crippen molar-refractivity contribution in [3.63, 3.8) is 0 Å². The van der Waals surface area contributed by atoms with Crippen LogP contribution in [0.2, 0.25) is 0 Å². The summed E-state index contributed by atoms with van der Waals surface area (Å²) in [5.74, 6) is 0.552. The number of nitrogens with one attached hydrogen (secondary N) is 3. The Labute approximate surface area is 95.9 Å². The van der Waals surface area contributed by atoms with Gasteiger partial charge in [0.15, 0.2) is 0 Å². The van der Waals surface area contributed by atoms with Gasteiger partial charge in [0.1, 0.15) is 11.3 Å². The van der Waals surface area contributed by atoms with E-state index in [1.807, 2.05) is 18.3 Å². The molecule has 17 heavy (non-hydrogen) atoms. The first-order valence-corrected chi connectivity index (χ1v) is 5.15. The van der Waals surface area contributed by atoms with E-state index < -0.39 is 0 Å². The molecule has 0 aromatic carbocycles. The van der Waals surface area contributed by atoms with Crippen LogP contribution in [0.1, 0.15) is 5.69 Å². The van der Waals surface area contributed by atoms with E-state index in [9.17, 15) is 4.79 Å². The van der Waals surface area contributed by atoms with Gasteiger partial charge in [-0.3, -0.25) is 4.79 Å². The van der Waals surface area contributed by atoms with Gasteiger partial charge in [-0.15, -0.1) is 0 Å². The summed E-state index contributed by atoms with van der Waals surface area (Å²) in [6.45, 7) is 3.68. The lowest BCUT2D eigenvalue weighted by molar-refractivity contribution is 1.07. The number of aromatic amines is 3. The van der Waals surface area contributed by atoms with E-state index in [1.54, 1.807) is 12.3 Å². The summed E-state index contributed by atoms with van der Waals surface area (Å²) in [5, 5.41) is 0.589. The fraction of sp³-hybridized carbons (Fsp3) is 0. The van der Waals surface area contributed by atoms with E-state index in [2.05, 4.69) is 26.5 Å². The second kappa shape index (κ2) is 3.48. The van der Waals surface area contributed by atoms with Gasteiger partial charge >= 0.3 is 0 Å². The van der Waals surface area contributed by atoms with Crippen LogP contribution in [0.5, 0.6) is 0 Å². The summed E-state index contributed by atoms with van der Waals surface area (Å²) in [4.78, 5) is 24.6. The molecule has 2 aliphatic heterocycles. The predicted molar refractivity (Wildman–Crippen MR) is 65.0 cm³/mol. The van der Waals surface area contributed by atoms with Crippen LogP contribution in [-0.2, 0) is 0 Å². The van der Waals surface area contributed by atoms with Crippen LogP contribution in [0.15, 0.2) is 29.3 Å². The average molecular weight is 226 g/mol. The Morgan fingerprint density at radius 2 is 2.24 bits per heavy atom. The number of H-pyrrole nitrogens is 3. The smallest absolute Gasteiger partial charge is 0.257 e. The molecule has 0 fully saturated rings. The molecule has 0 amide bonds. The van der Waals surface area contributed by atoms with E-state index in [-0.39, 0.29) is 5.56 Å². The van der Waals surface area contributed by atoms with Crippen LogP contribution in [0, 0.1) is 0 Å². The number of fused-ring (bicyclic) bond motifs is 1. The Morgan fingerprint density at radius 1 is 1.35 bits per heavy atom. The Bertz CT molecular complexity index is 779. The van der Waals surface area contributed by atoms with Crippen LogP contribution in [-0.4, -0.2) is 19.9 Å². The number of hydrogen-bond donors (Lipinski definition) is 3. The van der Waals surface area contributed by atoms with Crippen molar-refractivity contribution >= 4 is 12.7 Å². The van der Waals surface area contributed by atoms with Gasteiger partial charge < -0.3 is 15.0 Å². The molecule has 1 aromatic heterocycles. The first-order chi connectivity index (χ1) is 8.24. The maximum absolute atomic E-state index is 11.8. The van der Waals surface area contributed by atoms with Gasteiger partial charge in [0.2, 0.25) is 0 Å². The SMILES string of the molecule is C=c1nc2[nH]c(=O)c(=Cc3ccc[nH]3)c-2c[nH]1. The third kappa shape index (κ3) is 1.57. The molecule has 0 saturated heterocycles. The highest BCUT2D eigenvalue weighted by atomic mass is 16.1. The van der Waals surface area contributed by atoms with Gasteiger partial charge in [0, 0.05) is 23.7 Å². The van der Waals surface area contributed by atoms with Crippen molar-refractivity contribution < 1.29 is 0 Å². The van der Waals surface area contributed by atoms with Gasteiger partial charge in [-0.2, -0.15) is 0 Å². The Balaban J connectivity index is 2.35. The fourth-order valence-electron chi connectivity index (χ4n) is 1.78. The molecule has 3 heterocycles. The summed E-state index contributed by atoms with van der Waals surface area (Å²) >= 11 is 0. The van der Waals surface area contributed by atoms with Crippen LogP contribution < -0.4 is 16.3 Å². The summed E-state index contributed by atoms with van der Waals surface area (Å²) in [5.41, 5.74) is 2.00. The third-order valence-corrected chi connectivity index (χ3v) is 2.57. The number of aromatic nitrogens is 4. The van der Waals surface area contributed by atoms with Crippen molar-refractivity contribution in [1.29, 1.82) is 0 Å². The molecular weight excluding hydrogens is 216 g/mol. The zero-order chi connectivity index (χ0) is 11.8. The quantitative estimate of drug-likeness (QED) is 0.536. The van der Waals surface area contributed by atoms with Crippen LogP contribution in [0.4, 0.5) is 0 Å². The van der Waals surface area contributed by atoms with Gasteiger partial charge in [-0.05, 0) is 18.2 Å². The molecule has 2 aliphatic rings. The molecular formula is C12H10N4O. The van der Waals surface area contributed by atoms with E-state index in [4.69, 9.17) is 0 Å². The van der Waals surface area contributed by atoms with Crippen molar-refractivity contribution in [1.82, 2.24) is 19.9 Å². The molecule has 0 saturated carbocycles. The van der Waals surface area contributed by atoms with Crippen LogP contribution >= 0.6 is 0 Å². The highest BCUT2D eigenvalue weighted by Crippen LogP contribution is 2.05. The van der Waals surface area contributed by atoms with Gasteiger partial charge in [0.25, 0.3) is 5.56 Å². The lowest BCUT2D eigenvalue weighted by Gasteiger charge is -1.94. The largest absolute Gasteiger partial charge is 0.362 e. The lowest BCUT2D eigenvalue weighted by Crippen LogP contribution is -2.21. The first kappa shape index (κ1) is 9.65. The fourth-order valence-corrected chi connectivity index (χ4v) is 1.78. The second-order valence-electron chi connectivity index (χ2n) is 3.75. The zero-order valence-electron chi connectivity index (χ0n) is 8.95. The van der Waals surface area contributed by atoms with Crippen molar-refractivity contribution in [2.24, 2.45) is 0 Å². The molecule has 0 atom stereocenters. The molecule has 0 aliphatic carbocycles. The van der Waals surface area contributed by atoms with Crippen LogP contribution in [0.3, 0.4) is 0 Å². The standard InChI is InChI=1S/C12H10N4O/c1-7-14-6-10-9(5-8-3-2-4-13-8)12(17)16-11(10)15-7/h2-6,13-14H,1H2,(H,15,16,17). The maximum Gasteiger partial charge on any atom is 0.257 e. The van der Waals surface area contributed by atoms with Gasteiger partial charge in [-0.25, -0.2) is 4.98 Å². The summed E-state index contributed by atoms with van der Waals surface area (Å²) < 4.78 is 0. The Hall–Kier alpha value is -2.56. The molecule has 5 heteroatoms. The number of nitrogens with zero attached hydrogens (tertiary/aromatic N) is 1. The van der Waals surface area contributed by atoms with Gasteiger partial charge in [0.05, 0.1) is 5.22 Å². The van der Waals surface area contributed by atoms with E-state index in [0.717, 1.165) is 11.3 Å². The number of rotatable bonds is 1. The third-order valence-electron chi connectivity index (χ3n) is 2.57. The van der Waals surface area contributed by atoms with E-state index in [0.29, 0.717) is 16.5 Å². The van der Waals surface area contributed by atoms with E-state index >= 15 is 0 Å². The molecule has 84 valence electrons. The summed E-state index contributed by atoms with van der Waals surface area (Å²) in [6.07, 6.45) is 5.33. The minimum atomic E-state index is -0.152. The van der Waals surface area contributed by atoms with Crippen molar-refractivity contribution in [3.05, 3.63) is 51.3 Å². The second-order valence-corrected chi connectivity index (χ2v) is 3.75. The topological polar surface area (TPSA) is 77.3 Å². The minimum absolute atomic E-state index is 0.152. The number of hydrogen-bond acceptors (Lipinski definition) is 2. The van der Waals surface area contributed by atoms with Crippen molar-refractivity contribution in [3.8, 4) is 11.4 Å². The normalized spacial score (nSPS) is 12.4. The molecule has 5 nitrogen and oxygen atoms in total. The molecule has 3 N–H and O–H groups in total. The van der Waals surface area contributed by atoms with E-state index in [1.165, 1.54) is 0 Å². The van der Waals surface area contributed by atoms with Gasteiger partial charge in [-0.1, -0.05) is 6.58 Å². The minimum Gasteiger partial charge on any atom is -0.362 e. The summed E-state index contributed by atoms with van der Waals surface area (Å²) in [7, 11) is 0. The van der Waals surface area contributed by atoms with Crippen LogP contribution in [0.25, 0.3) is 24.0 Å². The first-order valence-electron chi connectivity index (χ1n) is 5.15.